The zero-order valence-electron chi connectivity index (χ0n) is 11.0. The Morgan fingerprint density at radius 3 is 2.78 bits per heavy atom. The lowest BCUT2D eigenvalue weighted by atomic mass is 10.1. The fraction of sp³-hybridized carbons (Fsp3) is 0.667. The van der Waals surface area contributed by atoms with Gasteiger partial charge in [0, 0.05) is 39.6 Å². The number of rotatable bonds is 3. The van der Waals surface area contributed by atoms with Gasteiger partial charge >= 0.3 is 0 Å². The number of nitrogens with zero attached hydrogens (tertiary/aromatic N) is 3. The minimum Gasteiger partial charge on any atom is -0.344 e. The van der Waals surface area contributed by atoms with Crippen LogP contribution in [0.4, 0.5) is 0 Å². The summed E-state index contributed by atoms with van der Waals surface area (Å²) in [7, 11) is 3.74. The molecule has 0 spiro atoms. The number of aromatic nitrogens is 2. The number of aryl methyl sites for hydroxylation is 2. The summed E-state index contributed by atoms with van der Waals surface area (Å²) < 4.78 is 1.81. The molecule has 1 fully saturated rings. The van der Waals surface area contributed by atoms with Crippen molar-refractivity contribution < 1.29 is 4.79 Å². The van der Waals surface area contributed by atoms with Crippen LogP contribution in [0.2, 0.25) is 5.02 Å². The predicted octanol–water partition coefficient (Wildman–Crippen LogP) is 1.09. The van der Waals surface area contributed by atoms with Crippen LogP contribution in [0.5, 0.6) is 0 Å². The van der Waals surface area contributed by atoms with E-state index in [2.05, 4.69) is 10.4 Å². The first-order chi connectivity index (χ1) is 8.49. The first kappa shape index (κ1) is 13.4. The van der Waals surface area contributed by atoms with Crippen LogP contribution in [0.15, 0.2) is 0 Å². The number of piperidine rings is 1. The second-order valence-electron chi connectivity index (χ2n) is 4.86. The van der Waals surface area contributed by atoms with Gasteiger partial charge in [-0.15, -0.1) is 0 Å². The van der Waals surface area contributed by atoms with Crippen LogP contribution in [0.25, 0.3) is 0 Å². The van der Waals surface area contributed by atoms with E-state index >= 15 is 0 Å². The van der Waals surface area contributed by atoms with Gasteiger partial charge in [-0.2, -0.15) is 5.10 Å². The summed E-state index contributed by atoms with van der Waals surface area (Å²) in [6, 6.07) is 0.332. The largest absolute Gasteiger partial charge is 0.344 e. The van der Waals surface area contributed by atoms with E-state index in [1.54, 1.807) is 4.90 Å². The lowest BCUT2D eigenvalue weighted by Crippen LogP contribution is -2.46. The van der Waals surface area contributed by atoms with Gasteiger partial charge < -0.3 is 10.2 Å². The summed E-state index contributed by atoms with van der Waals surface area (Å²) >= 11 is 6.20. The molecule has 0 aromatic carbocycles. The van der Waals surface area contributed by atoms with Crippen LogP contribution >= 0.6 is 11.6 Å². The van der Waals surface area contributed by atoms with Gasteiger partial charge in [0.25, 0.3) is 0 Å². The Balaban J connectivity index is 1.94. The Labute approximate surface area is 112 Å². The third-order valence-corrected chi connectivity index (χ3v) is 3.94. The number of amides is 1. The molecule has 0 saturated carbocycles. The van der Waals surface area contributed by atoms with Crippen molar-refractivity contribution in [1.82, 2.24) is 20.0 Å². The smallest absolute Gasteiger partial charge is 0.222 e. The molecule has 2 rings (SSSR count). The number of carbonyl (C=O) groups is 1. The van der Waals surface area contributed by atoms with E-state index in [1.165, 1.54) is 0 Å². The standard InChI is InChI=1S/C12H19ClN4O/c1-8-12(13)10(17(3)15-8)6-14-9-4-5-11(18)16(2)7-9/h9,14H,4-7H2,1-3H3. The van der Waals surface area contributed by atoms with E-state index in [4.69, 9.17) is 11.6 Å². The van der Waals surface area contributed by atoms with Crippen molar-refractivity contribution in [2.75, 3.05) is 13.6 Å². The molecule has 0 radical (unpaired) electrons. The van der Waals surface area contributed by atoms with E-state index in [1.807, 2.05) is 25.7 Å². The van der Waals surface area contributed by atoms with Gasteiger partial charge in [0.2, 0.25) is 5.91 Å². The number of likely N-dealkylation sites (N-methyl/N-ethyl adjacent to an activating group) is 1. The second kappa shape index (κ2) is 5.28. The highest BCUT2D eigenvalue weighted by atomic mass is 35.5. The Bertz CT molecular complexity index is 457. The zero-order chi connectivity index (χ0) is 13.3. The lowest BCUT2D eigenvalue weighted by Gasteiger charge is -2.30. The number of nitrogens with one attached hydrogen (secondary N) is 1. The molecule has 1 aromatic rings. The Hall–Kier alpha value is -1.07. The molecule has 1 amide bonds. The van der Waals surface area contributed by atoms with Gasteiger partial charge in [0.05, 0.1) is 16.4 Å². The maximum absolute atomic E-state index is 11.4. The molecule has 1 N–H and O–H groups in total. The fourth-order valence-corrected chi connectivity index (χ4v) is 2.52. The third-order valence-electron chi connectivity index (χ3n) is 3.45. The molecule has 1 aliphatic heterocycles. The number of hydrogen-bond donors (Lipinski definition) is 1. The van der Waals surface area contributed by atoms with Gasteiger partial charge in [-0.1, -0.05) is 11.6 Å². The minimum absolute atomic E-state index is 0.225. The van der Waals surface area contributed by atoms with Crippen LogP contribution < -0.4 is 5.32 Å². The van der Waals surface area contributed by atoms with E-state index < -0.39 is 0 Å². The summed E-state index contributed by atoms with van der Waals surface area (Å²) in [6.07, 6.45) is 1.50. The molecule has 5 nitrogen and oxygen atoms in total. The summed E-state index contributed by atoms with van der Waals surface area (Å²) in [5, 5.41) is 8.45. The summed E-state index contributed by atoms with van der Waals surface area (Å²) in [5.74, 6) is 0.225. The van der Waals surface area contributed by atoms with Gasteiger partial charge in [0.1, 0.15) is 0 Å². The quantitative estimate of drug-likeness (QED) is 0.895. The number of likely N-dealkylation sites (tertiary alicyclic amines) is 1. The van der Waals surface area contributed by atoms with Crippen LogP contribution in [0.1, 0.15) is 24.2 Å². The van der Waals surface area contributed by atoms with Crippen molar-refractivity contribution in [1.29, 1.82) is 0 Å². The lowest BCUT2D eigenvalue weighted by molar-refractivity contribution is -0.132. The number of hydrogen-bond acceptors (Lipinski definition) is 3. The minimum atomic E-state index is 0.225. The molecule has 1 saturated heterocycles. The second-order valence-corrected chi connectivity index (χ2v) is 5.24. The SMILES string of the molecule is Cc1nn(C)c(CNC2CCC(=O)N(C)C2)c1Cl. The van der Waals surface area contributed by atoms with Crippen LogP contribution in [-0.2, 0) is 18.4 Å². The Morgan fingerprint density at radius 1 is 1.50 bits per heavy atom. The fourth-order valence-electron chi connectivity index (χ4n) is 2.29. The molecule has 100 valence electrons. The average Bonchev–Trinajstić information content (AvgIpc) is 2.56. The molecular weight excluding hydrogens is 252 g/mol. The molecule has 6 heteroatoms. The summed E-state index contributed by atoms with van der Waals surface area (Å²) in [6.45, 7) is 3.34. The highest BCUT2D eigenvalue weighted by Crippen LogP contribution is 2.19. The maximum Gasteiger partial charge on any atom is 0.222 e. The molecule has 0 aliphatic carbocycles. The van der Waals surface area contributed by atoms with E-state index in [0.717, 1.165) is 29.4 Å². The van der Waals surface area contributed by atoms with E-state index in [9.17, 15) is 4.79 Å². The maximum atomic E-state index is 11.4. The average molecular weight is 271 g/mol. The van der Waals surface area contributed by atoms with Crippen molar-refractivity contribution in [3.05, 3.63) is 16.4 Å². The normalized spacial score (nSPS) is 20.6. The van der Waals surface area contributed by atoms with Gasteiger partial charge in [0.15, 0.2) is 0 Å². The summed E-state index contributed by atoms with van der Waals surface area (Å²) in [5.41, 5.74) is 1.85. The first-order valence-corrected chi connectivity index (χ1v) is 6.52. The van der Waals surface area contributed by atoms with Crippen LogP contribution in [-0.4, -0.2) is 40.2 Å². The first-order valence-electron chi connectivity index (χ1n) is 6.14. The van der Waals surface area contributed by atoms with Gasteiger partial charge in [-0.3, -0.25) is 9.48 Å². The topological polar surface area (TPSA) is 50.2 Å². The Morgan fingerprint density at radius 2 is 2.22 bits per heavy atom. The van der Waals surface area contributed by atoms with Crippen molar-refractivity contribution in [2.24, 2.45) is 7.05 Å². The zero-order valence-corrected chi connectivity index (χ0v) is 11.8. The third kappa shape index (κ3) is 2.67. The highest BCUT2D eigenvalue weighted by Gasteiger charge is 2.23. The van der Waals surface area contributed by atoms with Gasteiger partial charge in [-0.05, 0) is 13.3 Å². The van der Waals surface area contributed by atoms with Gasteiger partial charge in [-0.25, -0.2) is 0 Å². The van der Waals surface area contributed by atoms with Crippen LogP contribution in [0.3, 0.4) is 0 Å². The molecule has 1 unspecified atom stereocenters. The van der Waals surface area contributed by atoms with Crippen molar-refractivity contribution in [2.45, 2.75) is 32.4 Å². The van der Waals surface area contributed by atoms with Crippen molar-refractivity contribution in [3.8, 4) is 0 Å². The molecule has 18 heavy (non-hydrogen) atoms. The number of halogens is 1. The Kier molecular flexibility index (Phi) is 3.92. The highest BCUT2D eigenvalue weighted by molar-refractivity contribution is 6.31. The molecular formula is C12H19ClN4O. The molecule has 1 aliphatic rings. The van der Waals surface area contributed by atoms with Crippen molar-refractivity contribution >= 4 is 17.5 Å². The van der Waals surface area contributed by atoms with Crippen LogP contribution in [0, 0.1) is 6.92 Å². The molecule has 1 aromatic heterocycles. The van der Waals surface area contributed by atoms with Crippen molar-refractivity contribution in [3.63, 3.8) is 0 Å². The number of carbonyl (C=O) groups excluding carboxylic acids is 1. The van der Waals surface area contributed by atoms with E-state index in [-0.39, 0.29) is 5.91 Å². The summed E-state index contributed by atoms with van der Waals surface area (Å²) in [4.78, 5) is 13.2. The molecule has 0 bridgehead atoms. The predicted molar refractivity (Wildman–Crippen MR) is 70.5 cm³/mol. The molecule has 1 atom stereocenters. The monoisotopic (exact) mass is 270 g/mol. The van der Waals surface area contributed by atoms with E-state index in [0.29, 0.717) is 19.0 Å². The molecule has 2 heterocycles.